The number of rotatable bonds is 4. The lowest BCUT2D eigenvalue weighted by Gasteiger charge is -2.10. The van der Waals surface area contributed by atoms with Crippen LogP contribution in [0.15, 0.2) is 53.3 Å². The van der Waals surface area contributed by atoms with Crippen molar-refractivity contribution in [2.45, 2.75) is 13.1 Å². The fourth-order valence-corrected chi connectivity index (χ4v) is 2.62. The minimum atomic E-state index is -0.253. The van der Waals surface area contributed by atoms with E-state index in [-0.39, 0.29) is 24.6 Å². The summed E-state index contributed by atoms with van der Waals surface area (Å²) in [5.41, 5.74) is 0.819. The van der Waals surface area contributed by atoms with Crippen LogP contribution in [-0.4, -0.2) is 15.7 Å². The predicted octanol–water partition coefficient (Wildman–Crippen LogP) is 2.61. The highest BCUT2D eigenvalue weighted by molar-refractivity contribution is 6.30. The first-order chi connectivity index (χ1) is 12.1. The molecule has 0 saturated heterocycles. The molecule has 0 radical (unpaired) electrons. The number of fused-ring (bicyclic) bond motifs is 1. The molecule has 3 rings (SSSR count). The highest BCUT2D eigenvalue weighted by Crippen LogP contribution is 2.14. The predicted molar refractivity (Wildman–Crippen MR) is 97.5 cm³/mol. The van der Waals surface area contributed by atoms with Gasteiger partial charge >= 0.3 is 0 Å². The van der Waals surface area contributed by atoms with E-state index in [1.807, 2.05) is 6.07 Å². The van der Waals surface area contributed by atoms with Gasteiger partial charge in [0.25, 0.3) is 11.5 Å². The van der Waals surface area contributed by atoms with Gasteiger partial charge in [-0.25, -0.2) is 4.68 Å². The number of hydrogen-bond acceptors (Lipinski definition) is 3. The Kier molecular flexibility index (Phi) is 4.82. The number of nitrogens with one attached hydrogen (secondary N) is 1. The summed E-state index contributed by atoms with van der Waals surface area (Å²) in [6, 6.07) is 13.7. The molecule has 25 heavy (non-hydrogen) atoms. The van der Waals surface area contributed by atoms with Crippen molar-refractivity contribution in [3.8, 4) is 12.3 Å². The van der Waals surface area contributed by atoms with Gasteiger partial charge in [0.2, 0.25) is 0 Å². The highest BCUT2D eigenvalue weighted by Gasteiger charge is 2.11. The topological polar surface area (TPSA) is 64.0 Å². The maximum atomic E-state index is 12.4. The van der Waals surface area contributed by atoms with E-state index in [1.165, 1.54) is 4.68 Å². The molecule has 1 amide bonds. The Hall–Kier alpha value is -3.10. The summed E-state index contributed by atoms with van der Waals surface area (Å²) in [7, 11) is 0. The fourth-order valence-electron chi connectivity index (χ4n) is 2.50. The minimum absolute atomic E-state index is 0.0712. The van der Waals surface area contributed by atoms with Crippen molar-refractivity contribution in [2.75, 3.05) is 0 Å². The van der Waals surface area contributed by atoms with Crippen molar-refractivity contribution in [1.29, 1.82) is 0 Å². The van der Waals surface area contributed by atoms with Gasteiger partial charge in [-0.1, -0.05) is 35.7 Å². The Balaban J connectivity index is 1.92. The van der Waals surface area contributed by atoms with Gasteiger partial charge < -0.3 is 5.32 Å². The van der Waals surface area contributed by atoms with E-state index >= 15 is 0 Å². The van der Waals surface area contributed by atoms with Gasteiger partial charge in [0.05, 0.1) is 17.6 Å². The van der Waals surface area contributed by atoms with Crippen LogP contribution in [0.4, 0.5) is 0 Å². The third kappa shape index (κ3) is 3.54. The maximum absolute atomic E-state index is 12.4. The summed E-state index contributed by atoms with van der Waals surface area (Å²) in [6.07, 6.45) is 5.30. The van der Waals surface area contributed by atoms with Gasteiger partial charge in [-0.05, 0) is 30.3 Å². The van der Waals surface area contributed by atoms with Gasteiger partial charge in [0, 0.05) is 16.0 Å². The van der Waals surface area contributed by atoms with E-state index < -0.39 is 0 Å². The lowest BCUT2D eigenvalue weighted by atomic mass is 10.1. The zero-order valence-corrected chi connectivity index (χ0v) is 14.0. The molecular formula is C19H14ClN3O2. The highest BCUT2D eigenvalue weighted by atomic mass is 35.5. The standard InChI is InChI=1S/C19H14ClN3O2/c1-2-11-23-19(25)16-6-4-3-5-15(16)17(22-23)12-21-18(24)13-7-9-14(20)10-8-13/h1,3-10H,11-12H2,(H,21,24). The van der Waals surface area contributed by atoms with Gasteiger partial charge in [-0.15, -0.1) is 6.42 Å². The van der Waals surface area contributed by atoms with Crippen LogP contribution >= 0.6 is 11.6 Å². The van der Waals surface area contributed by atoms with Crippen LogP contribution < -0.4 is 10.9 Å². The summed E-state index contributed by atoms with van der Waals surface area (Å²) in [5.74, 6) is 2.16. The molecule has 1 N–H and O–H groups in total. The Labute approximate surface area is 149 Å². The largest absolute Gasteiger partial charge is 0.346 e. The number of halogens is 1. The Morgan fingerprint density at radius 3 is 2.52 bits per heavy atom. The van der Waals surface area contributed by atoms with Crippen LogP contribution in [0.5, 0.6) is 0 Å². The summed E-state index contributed by atoms with van der Waals surface area (Å²) in [6.45, 7) is 0.245. The average Bonchev–Trinajstić information content (AvgIpc) is 2.63. The van der Waals surface area contributed by atoms with Crippen LogP contribution in [-0.2, 0) is 13.1 Å². The first-order valence-corrected chi connectivity index (χ1v) is 7.94. The number of benzene rings is 2. The molecule has 1 heterocycles. The Morgan fingerprint density at radius 1 is 1.16 bits per heavy atom. The van der Waals surface area contributed by atoms with Crippen molar-refractivity contribution in [2.24, 2.45) is 0 Å². The number of carbonyl (C=O) groups excluding carboxylic acids is 1. The summed E-state index contributed by atoms with van der Waals surface area (Å²) >= 11 is 5.83. The normalized spacial score (nSPS) is 10.4. The second-order valence-electron chi connectivity index (χ2n) is 5.35. The van der Waals surface area contributed by atoms with Gasteiger partial charge in [0.15, 0.2) is 0 Å². The third-order valence-corrected chi connectivity index (χ3v) is 3.96. The SMILES string of the molecule is C#CCn1nc(CNC(=O)c2ccc(Cl)cc2)c2ccccc2c1=O. The molecule has 0 atom stereocenters. The third-order valence-electron chi connectivity index (χ3n) is 3.71. The maximum Gasteiger partial charge on any atom is 0.275 e. The zero-order chi connectivity index (χ0) is 17.8. The molecule has 0 saturated carbocycles. The van der Waals surface area contributed by atoms with Crippen molar-refractivity contribution in [1.82, 2.24) is 15.1 Å². The Bertz CT molecular complexity index is 1030. The summed E-state index contributed by atoms with van der Waals surface area (Å²) < 4.78 is 1.23. The van der Waals surface area contributed by atoms with E-state index in [4.69, 9.17) is 18.0 Å². The molecule has 0 spiro atoms. The lowest BCUT2D eigenvalue weighted by Crippen LogP contribution is -2.28. The van der Waals surface area contributed by atoms with Gasteiger partial charge in [-0.3, -0.25) is 9.59 Å². The number of terminal acetylenes is 1. The van der Waals surface area contributed by atoms with Crippen LogP contribution in [0.3, 0.4) is 0 Å². The van der Waals surface area contributed by atoms with E-state index in [1.54, 1.807) is 42.5 Å². The second-order valence-corrected chi connectivity index (χ2v) is 5.79. The fraction of sp³-hybridized carbons (Fsp3) is 0.105. The van der Waals surface area contributed by atoms with E-state index in [9.17, 15) is 9.59 Å². The molecule has 0 unspecified atom stereocenters. The number of amides is 1. The molecule has 0 aliphatic heterocycles. The van der Waals surface area contributed by atoms with E-state index in [0.29, 0.717) is 27.1 Å². The molecule has 124 valence electrons. The smallest absolute Gasteiger partial charge is 0.275 e. The molecule has 6 heteroatoms. The van der Waals surface area contributed by atoms with Crippen LogP contribution in [0, 0.1) is 12.3 Å². The molecule has 5 nitrogen and oxygen atoms in total. The van der Waals surface area contributed by atoms with Crippen molar-refractivity contribution >= 4 is 28.3 Å². The number of nitrogens with zero attached hydrogens (tertiary/aromatic N) is 2. The van der Waals surface area contributed by atoms with Gasteiger partial charge in [0.1, 0.15) is 6.54 Å². The quantitative estimate of drug-likeness (QED) is 0.735. The summed E-state index contributed by atoms with van der Waals surface area (Å²) in [4.78, 5) is 24.6. The Morgan fingerprint density at radius 2 is 1.84 bits per heavy atom. The molecule has 0 fully saturated rings. The first kappa shape index (κ1) is 16.7. The minimum Gasteiger partial charge on any atom is -0.346 e. The average molecular weight is 352 g/mol. The molecule has 0 bridgehead atoms. The monoisotopic (exact) mass is 351 g/mol. The van der Waals surface area contributed by atoms with Gasteiger partial charge in [-0.2, -0.15) is 5.10 Å². The molecule has 3 aromatic rings. The molecule has 2 aromatic carbocycles. The van der Waals surface area contributed by atoms with Crippen LogP contribution in [0.25, 0.3) is 10.8 Å². The second kappa shape index (κ2) is 7.20. The van der Waals surface area contributed by atoms with Crippen LogP contribution in [0.2, 0.25) is 5.02 Å². The number of carbonyl (C=O) groups is 1. The van der Waals surface area contributed by atoms with Crippen molar-refractivity contribution < 1.29 is 4.79 Å². The van der Waals surface area contributed by atoms with E-state index in [2.05, 4.69) is 16.3 Å². The zero-order valence-electron chi connectivity index (χ0n) is 13.2. The molecule has 0 aliphatic carbocycles. The number of aromatic nitrogens is 2. The molecular weight excluding hydrogens is 338 g/mol. The lowest BCUT2D eigenvalue weighted by molar-refractivity contribution is 0.0950. The van der Waals surface area contributed by atoms with Crippen LogP contribution in [0.1, 0.15) is 16.1 Å². The van der Waals surface area contributed by atoms with Crippen molar-refractivity contribution in [3.63, 3.8) is 0 Å². The molecule has 0 aliphatic rings. The number of hydrogen-bond donors (Lipinski definition) is 1. The molecule has 1 aromatic heterocycles. The first-order valence-electron chi connectivity index (χ1n) is 7.56. The van der Waals surface area contributed by atoms with E-state index in [0.717, 1.165) is 0 Å². The van der Waals surface area contributed by atoms with Crippen molar-refractivity contribution in [3.05, 3.63) is 75.2 Å². The summed E-state index contributed by atoms with van der Waals surface area (Å²) in [5, 5.41) is 8.87.